The topological polar surface area (TPSA) is 28.2 Å². The lowest BCUT2D eigenvalue weighted by Crippen LogP contribution is -2.34. The fourth-order valence-corrected chi connectivity index (χ4v) is 2.62. The molecule has 100 valence electrons. The Bertz CT molecular complexity index is 375. The molecule has 0 aliphatic carbocycles. The van der Waals surface area contributed by atoms with Gasteiger partial charge in [-0.05, 0) is 58.0 Å². The van der Waals surface area contributed by atoms with E-state index in [0.29, 0.717) is 6.04 Å². The molecule has 2 atom stereocenters. The average Bonchev–Trinajstić information content (AvgIpc) is 2.66. The largest absolute Gasteiger partial charge is 0.317 e. The summed E-state index contributed by atoms with van der Waals surface area (Å²) in [5.41, 5.74) is 0.953. The highest BCUT2D eigenvalue weighted by atomic mass is 19.1. The second kappa shape index (κ2) is 6.25. The minimum Gasteiger partial charge on any atom is -0.317 e. The van der Waals surface area contributed by atoms with Crippen molar-refractivity contribution in [3.05, 3.63) is 29.8 Å². The van der Waals surface area contributed by atoms with E-state index in [1.165, 1.54) is 19.0 Å². The third kappa shape index (κ3) is 3.27. The summed E-state index contributed by atoms with van der Waals surface area (Å²) in [4.78, 5) is 6.29. The third-order valence-corrected chi connectivity index (χ3v) is 3.94. The molecule has 0 radical (unpaired) electrons. The van der Waals surface area contributed by atoms with Crippen LogP contribution in [-0.2, 0) is 0 Å². The highest BCUT2D eigenvalue weighted by molar-refractivity contribution is 5.14. The molecule has 1 aliphatic rings. The van der Waals surface area contributed by atoms with Crippen LogP contribution in [0.15, 0.2) is 18.5 Å². The van der Waals surface area contributed by atoms with Crippen LogP contribution in [0.2, 0.25) is 0 Å². The first-order chi connectivity index (χ1) is 8.68. The number of halogens is 1. The number of aromatic nitrogens is 1. The lowest BCUT2D eigenvalue weighted by atomic mass is 10.0. The maximum absolute atomic E-state index is 13.2. The molecule has 0 bridgehead atoms. The van der Waals surface area contributed by atoms with E-state index in [4.69, 9.17) is 0 Å². The lowest BCUT2D eigenvalue weighted by Gasteiger charge is -2.32. The van der Waals surface area contributed by atoms with E-state index in [1.54, 1.807) is 12.3 Å². The Morgan fingerprint density at radius 1 is 1.39 bits per heavy atom. The zero-order chi connectivity index (χ0) is 13.0. The monoisotopic (exact) mass is 251 g/mol. The molecule has 1 aromatic heterocycles. The summed E-state index contributed by atoms with van der Waals surface area (Å²) in [5, 5.41) is 3.42. The van der Waals surface area contributed by atoms with Crippen LogP contribution in [-0.4, -0.2) is 36.1 Å². The van der Waals surface area contributed by atoms with Gasteiger partial charge in [-0.1, -0.05) is 0 Å². The first kappa shape index (κ1) is 13.4. The molecule has 1 fully saturated rings. The van der Waals surface area contributed by atoms with Crippen LogP contribution < -0.4 is 5.32 Å². The Labute approximate surface area is 108 Å². The molecule has 0 spiro atoms. The van der Waals surface area contributed by atoms with Gasteiger partial charge >= 0.3 is 0 Å². The van der Waals surface area contributed by atoms with Gasteiger partial charge in [0.1, 0.15) is 5.82 Å². The number of nitrogens with zero attached hydrogens (tertiary/aromatic N) is 2. The maximum atomic E-state index is 13.2. The Morgan fingerprint density at radius 2 is 2.22 bits per heavy atom. The number of rotatable bonds is 3. The molecule has 2 heterocycles. The highest BCUT2D eigenvalue weighted by Gasteiger charge is 2.22. The van der Waals surface area contributed by atoms with Crippen molar-refractivity contribution in [2.24, 2.45) is 0 Å². The molecule has 1 aromatic rings. The molecule has 3 nitrogen and oxygen atoms in total. The van der Waals surface area contributed by atoms with Crippen LogP contribution in [0.5, 0.6) is 0 Å². The summed E-state index contributed by atoms with van der Waals surface area (Å²) in [6.07, 6.45) is 6.59. The number of hydrogen-bond donors (Lipinski definition) is 1. The lowest BCUT2D eigenvalue weighted by molar-refractivity contribution is 0.170. The predicted molar refractivity (Wildman–Crippen MR) is 70.9 cm³/mol. The van der Waals surface area contributed by atoms with Gasteiger partial charge in [0.05, 0.1) is 6.20 Å². The van der Waals surface area contributed by atoms with Crippen LogP contribution in [0, 0.1) is 5.82 Å². The van der Waals surface area contributed by atoms with E-state index in [1.807, 2.05) is 0 Å². The predicted octanol–water partition coefficient (Wildman–Crippen LogP) is 2.36. The van der Waals surface area contributed by atoms with Gasteiger partial charge in [-0.2, -0.15) is 0 Å². The normalized spacial score (nSPS) is 22.8. The minimum absolute atomic E-state index is 0.205. The Hall–Kier alpha value is -1.00. The van der Waals surface area contributed by atoms with Crippen LogP contribution in [0.25, 0.3) is 0 Å². The summed E-state index contributed by atoms with van der Waals surface area (Å²) in [6.45, 7) is 4.30. The number of nitrogens with one attached hydrogen (secondary N) is 1. The van der Waals surface area contributed by atoms with Crippen molar-refractivity contribution in [1.29, 1.82) is 0 Å². The van der Waals surface area contributed by atoms with Gasteiger partial charge in [-0.25, -0.2) is 4.39 Å². The van der Waals surface area contributed by atoms with Crippen molar-refractivity contribution in [2.45, 2.75) is 38.3 Å². The van der Waals surface area contributed by atoms with Crippen molar-refractivity contribution in [3.8, 4) is 0 Å². The summed E-state index contributed by atoms with van der Waals surface area (Å²) < 4.78 is 13.2. The standard InChI is InChI=1S/C14H22FN3/c1-11(12-8-13(15)10-17-9-12)18(2)14-4-3-6-16-7-5-14/h8-11,14,16H,3-7H2,1-2H3. The Balaban J connectivity index is 2.05. The number of hydrogen-bond acceptors (Lipinski definition) is 3. The van der Waals surface area contributed by atoms with E-state index < -0.39 is 0 Å². The molecule has 2 unspecified atom stereocenters. The summed E-state index contributed by atoms with van der Waals surface area (Å²) in [5.74, 6) is -0.254. The summed E-state index contributed by atoms with van der Waals surface area (Å²) in [6, 6.07) is 2.36. The van der Waals surface area contributed by atoms with Crippen molar-refractivity contribution < 1.29 is 4.39 Å². The van der Waals surface area contributed by atoms with Crippen molar-refractivity contribution in [2.75, 3.05) is 20.1 Å². The van der Waals surface area contributed by atoms with Gasteiger partial charge < -0.3 is 5.32 Å². The zero-order valence-corrected chi connectivity index (χ0v) is 11.2. The molecule has 1 aliphatic heterocycles. The average molecular weight is 251 g/mol. The number of pyridine rings is 1. The third-order valence-electron chi connectivity index (χ3n) is 3.94. The first-order valence-corrected chi connectivity index (χ1v) is 6.71. The van der Waals surface area contributed by atoms with Crippen LogP contribution in [0.4, 0.5) is 4.39 Å². The fraction of sp³-hybridized carbons (Fsp3) is 0.643. The molecule has 2 rings (SSSR count). The smallest absolute Gasteiger partial charge is 0.141 e. The van der Waals surface area contributed by atoms with Gasteiger partial charge in [0.25, 0.3) is 0 Å². The Morgan fingerprint density at radius 3 is 3.00 bits per heavy atom. The molecule has 18 heavy (non-hydrogen) atoms. The highest BCUT2D eigenvalue weighted by Crippen LogP contribution is 2.24. The summed E-state index contributed by atoms with van der Waals surface area (Å²) in [7, 11) is 2.13. The second-order valence-corrected chi connectivity index (χ2v) is 5.11. The van der Waals surface area contributed by atoms with E-state index >= 15 is 0 Å². The van der Waals surface area contributed by atoms with Gasteiger partial charge in [0.15, 0.2) is 0 Å². The van der Waals surface area contributed by atoms with Gasteiger partial charge in [-0.15, -0.1) is 0 Å². The second-order valence-electron chi connectivity index (χ2n) is 5.11. The van der Waals surface area contributed by atoms with E-state index in [9.17, 15) is 4.39 Å². The SMILES string of the molecule is CC(c1cncc(F)c1)N(C)C1CCCNCC1. The van der Waals surface area contributed by atoms with Gasteiger partial charge in [0.2, 0.25) is 0 Å². The van der Waals surface area contributed by atoms with E-state index in [-0.39, 0.29) is 11.9 Å². The molecule has 0 amide bonds. The van der Waals surface area contributed by atoms with Crippen LogP contribution in [0.3, 0.4) is 0 Å². The summed E-state index contributed by atoms with van der Waals surface area (Å²) >= 11 is 0. The van der Waals surface area contributed by atoms with E-state index in [0.717, 1.165) is 25.1 Å². The molecule has 0 saturated carbocycles. The maximum Gasteiger partial charge on any atom is 0.141 e. The molecule has 1 saturated heterocycles. The van der Waals surface area contributed by atoms with Gasteiger partial charge in [0, 0.05) is 18.3 Å². The van der Waals surface area contributed by atoms with Crippen molar-refractivity contribution >= 4 is 0 Å². The van der Waals surface area contributed by atoms with Crippen LogP contribution in [0.1, 0.15) is 37.8 Å². The van der Waals surface area contributed by atoms with Crippen molar-refractivity contribution in [1.82, 2.24) is 15.2 Å². The molecular weight excluding hydrogens is 229 g/mol. The minimum atomic E-state index is -0.254. The van der Waals surface area contributed by atoms with Crippen LogP contribution >= 0.6 is 0 Å². The molecular formula is C14H22FN3. The Kier molecular flexibility index (Phi) is 4.66. The van der Waals surface area contributed by atoms with E-state index in [2.05, 4.69) is 29.2 Å². The van der Waals surface area contributed by atoms with Crippen molar-refractivity contribution in [3.63, 3.8) is 0 Å². The first-order valence-electron chi connectivity index (χ1n) is 6.71. The quantitative estimate of drug-likeness (QED) is 0.894. The molecule has 0 aromatic carbocycles. The molecule has 4 heteroatoms. The zero-order valence-electron chi connectivity index (χ0n) is 11.2. The van der Waals surface area contributed by atoms with Gasteiger partial charge in [-0.3, -0.25) is 9.88 Å². The molecule has 1 N–H and O–H groups in total. The fourth-order valence-electron chi connectivity index (χ4n) is 2.62.